The van der Waals surface area contributed by atoms with Crippen molar-refractivity contribution in [2.45, 2.75) is 9.92 Å². The van der Waals surface area contributed by atoms with Gasteiger partial charge in [-0.2, -0.15) is 5.10 Å². The van der Waals surface area contributed by atoms with E-state index < -0.39 is 0 Å². The second-order valence-corrected chi connectivity index (χ2v) is 5.75. The number of nitrogens with zero attached hydrogens (tertiary/aromatic N) is 3. The molecular formula is C16H14N4OS. The van der Waals surface area contributed by atoms with Crippen molar-refractivity contribution in [2.75, 3.05) is 5.32 Å². The van der Waals surface area contributed by atoms with Crippen molar-refractivity contribution >= 4 is 23.4 Å². The van der Waals surface area contributed by atoms with Gasteiger partial charge in [0.15, 0.2) is 0 Å². The molecule has 1 amide bonds. The first-order valence-electron chi connectivity index (χ1n) is 6.70. The molecule has 0 aliphatic carbocycles. The smallest absolute Gasteiger partial charge is 0.255 e. The zero-order chi connectivity index (χ0) is 15.4. The van der Waals surface area contributed by atoms with E-state index in [9.17, 15) is 4.79 Å². The van der Waals surface area contributed by atoms with Gasteiger partial charge in [-0.1, -0.05) is 17.8 Å². The van der Waals surface area contributed by atoms with Crippen LogP contribution in [0.1, 0.15) is 10.4 Å². The molecule has 110 valence electrons. The van der Waals surface area contributed by atoms with Gasteiger partial charge in [0.1, 0.15) is 5.03 Å². The van der Waals surface area contributed by atoms with Crippen molar-refractivity contribution in [2.24, 2.45) is 7.05 Å². The fourth-order valence-electron chi connectivity index (χ4n) is 1.89. The minimum absolute atomic E-state index is 0.151. The number of amides is 1. The third kappa shape index (κ3) is 3.53. The molecule has 1 aromatic carbocycles. The van der Waals surface area contributed by atoms with Crippen LogP contribution in [0.15, 0.2) is 71.0 Å². The highest BCUT2D eigenvalue weighted by Crippen LogP contribution is 2.25. The molecule has 2 heterocycles. The highest BCUT2D eigenvalue weighted by atomic mass is 32.2. The quantitative estimate of drug-likeness (QED) is 0.804. The summed E-state index contributed by atoms with van der Waals surface area (Å²) in [6.45, 7) is 0. The first-order chi connectivity index (χ1) is 10.7. The number of anilines is 1. The lowest BCUT2D eigenvalue weighted by Gasteiger charge is -2.04. The Kier molecular flexibility index (Phi) is 4.20. The van der Waals surface area contributed by atoms with Crippen LogP contribution in [0.25, 0.3) is 0 Å². The Morgan fingerprint density at radius 1 is 1.18 bits per heavy atom. The Balaban J connectivity index is 1.67. The number of carbonyl (C=O) groups is 1. The van der Waals surface area contributed by atoms with Crippen molar-refractivity contribution < 1.29 is 4.79 Å². The average molecular weight is 310 g/mol. The van der Waals surface area contributed by atoms with Gasteiger partial charge in [-0.15, -0.1) is 0 Å². The molecule has 5 nitrogen and oxygen atoms in total. The molecule has 6 heteroatoms. The summed E-state index contributed by atoms with van der Waals surface area (Å²) in [5.74, 6) is -0.151. The first-order valence-corrected chi connectivity index (χ1v) is 7.51. The van der Waals surface area contributed by atoms with Gasteiger partial charge in [0.2, 0.25) is 0 Å². The van der Waals surface area contributed by atoms with E-state index in [1.165, 1.54) is 0 Å². The fraction of sp³-hybridized carbons (Fsp3) is 0.0625. The molecule has 0 radical (unpaired) electrons. The Morgan fingerprint density at radius 3 is 2.64 bits per heavy atom. The molecule has 3 rings (SSSR count). The van der Waals surface area contributed by atoms with Crippen LogP contribution in [0.4, 0.5) is 5.69 Å². The lowest BCUT2D eigenvalue weighted by molar-refractivity contribution is 0.102. The molecule has 0 aliphatic heterocycles. The van der Waals surface area contributed by atoms with Crippen molar-refractivity contribution in [1.29, 1.82) is 0 Å². The molecule has 22 heavy (non-hydrogen) atoms. The summed E-state index contributed by atoms with van der Waals surface area (Å²) in [4.78, 5) is 17.4. The third-order valence-corrected chi connectivity index (χ3v) is 3.90. The Morgan fingerprint density at radius 2 is 2.00 bits per heavy atom. The van der Waals surface area contributed by atoms with E-state index in [0.717, 1.165) is 9.92 Å². The predicted molar refractivity (Wildman–Crippen MR) is 86.0 cm³/mol. The molecule has 0 bridgehead atoms. The van der Waals surface area contributed by atoms with Crippen LogP contribution in [0, 0.1) is 0 Å². The summed E-state index contributed by atoms with van der Waals surface area (Å²) in [5.41, 5.74) is 1.29. The second-order valence-electron chi connectivity index (χ2n) is 4.65. The maximum atomic E-state index is 12.1. The number of pyridine rings is 1. The lowest BCUT2D eigenvalue weighted by atomic mass is 10.2. The topological polar surface area (TPSA) is 59.8 Å². The molecule has 0 atom stereocenters. The molecule has 1 N–H and O–H groups in total. The van der Waals surface area contributed by atoms with E-state index >= 15 is 0 Å². The Bertz CT molecular complexity index is 768. The maximum Gasteiger partial charge on any atom is 0.255 e. The fourth-order valence-corrected chi connectivity index (χ4v) is 2.67. The van der Waals surface area contributed by atoms with Crippen LogP contribution in [-0.2, 0) is 7.05 Å². The molecule has 2 aromatic heterocycles. The van der Waals surface area contributed by atoms with E-state index in [1.54, 1.807) is 54.2 Å². The molecular weight excluding hydrogens is 296 g/mol. The number of rotatable bonds is 4. The van der Waals surface area contributed by atoms with Gasteiger partial charge < -0.3 is 5.32 Å². The van der Waals surface area contributed by atoms with Gasteiger partial charge in [0, 0.05) is 29.9 Å². The number of hydrogen-bond acceptors (Lipinski definition) is 4. The molecule has 3 aromatic rings. The van der Waals surface area contributed by atoms with E-state index in [2.05, 4.69) is 15.4 Å². The third-order valence-electron chi connectivity index (χ3n) is 2.94. The highest BCUT2D eigenvalue weighted by molar-refractivity contribution is 7.99. The predicted octanol–water partition coefficient (Wildman–Crippen LogP) is 3.22. The standard InChI is InChI=1S/C16H14N4OS/c1-20-11-13(10-18-20)19-16(21)12-5-7-14(8-6-12)22-15-4-2-3-9-17-15/h2-11H,1H3,(H,19,21). The normalized spacial score (nSPS) is 10.4. The second kappa shape index (κ2) is 6.44. The molecule has 0 saturated heterocycles. The minimum Gasteiger partial charge on any atom is -0.319 e. The van der Waals surface area contributed by atoms with E-state index in [0.29, 0.717) is 11.3 Å². The summed E-state index contributed by atoms with van der Waals surface area (Å²) in [6, 6.07) is 13.2. The van der Waals surface area contributed by atoms with Crippen molar-refractivity contribution in [1.82, 2.24) is 14.8 Å². The van der Waals surface area contributed by atoms with E-state index in [4.69, 9.17) is 0 Å². The molecule has 0 unspecified atom stereocenters. The summed E-state index contributed by atoms with van der Waals surface area (Å²) >= 11 is 1.56. The number of aromatic nitrogens is 3. The average Bonchev–Trinajstić information content (AvgIpc) is 2.94. The minimum atomic E-state index is -0.151. The molecule has 0 fully saturated rings. The number of carbonyl (C=O) groups excluding carboxylic acids is 1. The van der Waals surface area contributed by atoms with Gasteiger partial charge in [-0.25, -0.2) is 4.98 Å². The Hall–Kier alpha value is -2.60. The monoisotopic (exact) mass is 310 g/mol. The van der Waals surface area contributed by atoms with Crippen LogP contribution in [0.3, 0.4) is 0 Å². The zero-order valence-electron chi connectivity index (χ0n) is 11.9. The van der Waals surface area contributed by atoms with Crippen LogP contribution in [-0.4, -0.2) is 20.7 Å². The van der Waals surface area contributed by atoms with Crippen LogP contribution >= 0.6 is 11.8 Å². The Labute approximate surface area is 132 Å². The number of benzene rings is 1. The zero-order valence-corrected chi connectivity index (χ0v) is 12.7. The van der Waals surface area contributed by atoms with E-state index in [-0.39, 0.29) is 5.91 Å². The summed E-state index contributed by atoms with van der Waals surface area (Å²) in [6.07, 6.45) is 5.13. The maximum absolute atomic E-state index is 12.1. The summed E-state index contributed by atoms with van der Waals surface area (Å²) in [5, 5.41) is 7.75. The summed E-state index contributed by atoms with van der Waals surface area (Å²) < 4.78 is 1.64. The van der Waals surface area contributed by atoms with E-state index in [1.807, 2.05) is 30.3 Å². The summed E-state index contributed by atoms with van der Waals surface area (Å²) in [7, 11) is 1.80. The van der Waals surface area contributed by atoms with Crippen LogP contribution in [0.5, 0.6) is 0 Å². The van der Waals surface area contributed by atoms with Gasteiger partial charge in [-0.3, -0.25) is 9.48 Å². The number of hydrogen-bond donors (Lipinski definition) is 1. The van der Waals surface area contributed by atoms with Crippen LogP contribution in [0.2, 0.25) is 0 Å². The molecule has 0 saturated carbocycles. The molecule has 0 spiro atoms. The van der Waals surface area contributed by atoms with Crippen molar-refractivity contribution in [3.63, 3.8) is 0 Å². The largest absolute Gasteiger partial charge is 0.319 e. The van der Waals surface area contributed by atoms with Gasteiger partial charge in [0.25, 0.3) is 5.91 Å². The first kappa shape index (κ1) is 14.3. The van der Waals surface area contributed by atoms with Crippen molar-refractivity contribution in [3.8, 4) is 0 Å². The van der Waals surface area contributed by atoms with Gasteiger partial charge in [-0.05, 0) is 36.4 Å². The highest BCUT2D eigenvalue weighted by Gasteiger charge is 2.07. The van der Waals surface area contributed by atoms with Crippen molar-refractivity contribution in [3.05, 3.63) is 66.6 Å². The number of nitrogens with one attached hydrogen (secondary N) is 1. The number of aryl methyl sites for hydroxylation is 1. The lowest BCUT2D eigenvalue weighted by Crippen LogP contribution is -2.11. The molecule has 0 aliphatic rings. The van der Waals surface area contributed by atoms with Gasteiger partial charge in [0.05, 0.1) is 11.9 Å². The van der Waals surface area contributed by atoms with Crippen LogP contribution < -0.4 is 5.32 Å². The SMILES string of the molecule is Cn1cc(NC(=O)c2ccc(Sc3ccccn3)cc2)cn1. The van der Waals surface area contributed by atoms with Gasteiger partial charge >= 0.3 is 0 Å².